The molecule has 72 valence electrons. The number of imidazole rings is 1. The number of hydrogen-bond acceptors (Lipinski definition) is 2. The van der Waals surface area contributed by atoms with Crippen molar-refractivity contribution in [3.63, 3.8) is 0 Å². The minimum atomic E-state index is 0.368. The molecule has 0 radical (unpaired) electrons. The smallest absolute Gasteiger partial charge is 0.118 e. The summed E-state index contributed by atoms with van der Waals surface area (Å²) in [6, 6.07) is 7.41. The Kier molecular flexibility index (Phi) is 2.49. The first-order chi connectivity index (χ1) is 6.86. The van der Waals surface area contributed by atoms with Crippen LogP contribution in [0.15, 0.2) is 36.8 Å². The Labute approximate surface area is 82.4 Å². The van der Waals surface area contributed by atoms with Crippen molar-refractivity contribution in [2.24, 2.45) is 0 Å². The van der Waals surface area contributed by atoms with Gasteiger partial charge in [-0.2, -0.15) is 0 Å². The van der Waals surface area contributed by atoms with Gasteiger partial charge >= 0.3 is 0 Å². The van der Waals surface area contributed by atoms with E-state index >= 15 is 0 Å². The van der Waals surface area contributed by atoms with Crippen molar-refractivity contribution in [2.45, 2.75) is 12.8 Å². The molecule has 0 amide bonds. The molecule has 0 fully saturated rings. The van der Waals surface area contributed by atoms with Gasteiger partial charge in [-0.25, -0.2) is 4.98 Å². The number of nitrogens with zero attached hydrogens (tertiary/aromatic N) is 1. The van der Waals surface area contributed by atoms with Gasteiger partial charge in [0, 0.05) is 11.9 Å². The molecule has 0 unspecified atom stereocenters. The van der Waals surface area contributed by atoms with Crippen LogP contribution in [0.25, 0.3) is 0 Å². The molecule has 0 aliphatic heterocycles. The molecule has 0 aliphatic rings. The highest BCUT2D eigenvalue weighted by atomic mass is 16.3. The van der Waals surface area contributed by atoms with Crippen LogP contribution in [0.1, 0.15) is 11.3 Å². The first-order valence-corrected chi connectivity index (χ1v) is 4.60. The minimum Gasteiger partial charge on any atom is -0.508 e. The predicted octanol–water partition coefficient (Wildman–Crippen LogP) is 1.90. The van der Waals surface area contributed by atoms with Gasteiger partial charge in [-0.3, -0.25) is 0 Å². The maximum atomic E-state index is 9.51. The molecule has 1 heterocycles. The third kappa shape index (κ3) is 1.93. The Morgan fingerprint density at radius 1 is 1.21 bits per heavy atom. The van der Waals surface area contributed by atoms with Crippen molar-refractivity contribution >= 4 is 0 Å². The van der Waals surface area contributed by atoms with Crippen molar-refractivity contribution in [3.8, 4) is 5.75 Å². The van der Waals surface area contributed by atoms with E-state index in [1.165, 1.54) is 0 Å². The van der Waals surface area contributed by atoms with Crippen LogP contribution < -0.4 is 0 Å². The molecule has 2 aromatic rings. The fraction of sp³-hybridized carbons (Fsp3) is 0.182. The van der Waals surface area contributed by atoms with E-state index < -0.39 is 0 Å². The predicted molar refractivity (Wildman–Crippen MR) is 54.1 cm³/mol. The van der Waals surface area contributed by atoms with Crippen LogP contribution in [0.5, 0.6) is 5.75 Å². The summed E-state index contributed by atoms with van der Waals surface area (Å²) in [7, 11) is 0. The Bertz CT molecular complexity index is 395. The summed E-state index contributed by atoms with van der Waals surface area (Å²) in [4.78, 5) is 6.97. The molecule has 1 aromatic heterocycles. The number of hydrogen-bond donors (Lipinski definition) is 2. The summed E-state index contributed by atoms with van der Waals surface area (Å²) in [6.45, 7) is 0. The highest BCUT2D eigenvalue weighted by Gasteiger charge is 2.00. The monoisotopic (exact) mass is 188 g/mol. The van der Waals surface area contributed by atoms with Crippen molar-refractivity contribution in [1.82, 2.24) is 9.97 Å². The standard InChI is InChI=1S/C11H12N2O/c14-11-4-2-1-3-9(11)5-6-10-7-12-8-13-10/h1-4,7-8,14H,5-6H2,(H,12,13). The number of nitrogens with one attached hydrogen (secondary N) is 1. The van der Waals surface area contributed by atoms with E-state index in [9.17, 15) is 5.11 Å². The van der Waals surface area contributed by atoms with E-state index in [2.05, 4.69) is 9.97 Å². The minimum absolute atomic E-state index is 0.368. The average Bonchev–Trinajstić information content (AvgIpc) is 2.69. The number of H-pyrrole nitrogens is 1. The highest BCUT2D eigenvalue weighted by Crippen LogP contribution is 2.17. The molecule has 0 bridgehead atoms. The third-order valence-corrected chi connectivity index (χ3v) is 2.21. The van der Waals surface area contributed by atoms with Crippen molar-refractivity contribution in [1.29, 1.82) is 0 Å². The molecule has 0 saturated heterocycles. The molecule has 3 nitrogen and oxygen atoms in total. The number of phenolic OH excluding ortho intramolecular Hbond substituents is 1. The molecule has 0 spiro atoms. The largest absolute Gasteiger partial charge is 0.508 e. The van der Waals surface area contributed by atoms with Gasteiger partial charge in [0.1, 0.15) is 5.75 Å². The Hall–Kier alpha value is -1.77. The summed E-state index contributed by atoms with van der Waals surface area (Å²) in [5.74, 6) is 0.368. The first kappa shape index (κ1) is 8.81. The molecule has 0 saturated carbocycles. The van der Waals surface area contributed by atoms with Crippen LogP contribution in [-0.4, -0.2) is 15.1 Å². The van der Waals surface area contributed by atoms with Crippen LogP contribution in [0.4, 0.5) is 0 Å². The zero-order valence-corrected chi connectivity index (χ0v) is 7.77. The second kappa shape index (κ2) is 3.96. The zero-order chi connectivity index (χ0) is 9.80. The van der Waals surface area contributed by atoms with Crippen LogP contribution in [-0.2, 0) is 12.8 Å². The van der Waals surface area contributed by atoms with Gasteiger partial charge in [-0.15, -0.1) is 0 Å². The number of phenols is 1. The third-order valence-electron chi connectivity index (χ3n) is 2.21. The average molecular weight is 188 g/mol. The second-order valence-electron chi connectivity index (χ2n) is 3.21. The normalized spacial score (nSPS) is 10.3. The number of aryl methyl sites for hydroxylation is 2. The van der Waals surface area contributed by atoms with Crippen molar-refractivity contribution < 1.29 is 5.11 Å². The van der Waals surface area contributed by atoms with Gasteiger partial charge in [0.25, 0.3) is 0 Å². The van der Waals surface area contributed by atoms with Gasteiger partial charge in [0.15, 0.2) is 0 Å². The fourth-order valence-electron chi connectivity index (χ4n) is 1.41. The van der Waals surface area contributed by atoms with Gasteiger partial charge in [-0.1, -0.05) is 18.2 Å². The lowest BCUT2D eigenvalue weighted by Crippen LogP contribution is -1.91. The lowest BCUT2D eigenvalue weighted by atomic mass is 10.1. The molecule has 2 rings (SSSR count). The zero-order valence-electron chi connectivity index (χ0n) is 7.77. The maximum absolute atomic E-state index is 9.51. The Morgan fingerprint density at radius 3 is 2.79 bits per heavy atom. The van der Waals surface area contributed by atoms with E-state index in [0.29, 0.717) is 5.75 Å². The summed E-state index contributed by atoms with van der Waals surface area (Å²) in [5, 5.41) is 9.51. The lowest BCUT2D eigenvalue weighted by Gasteiger charge is -2.02. The lowest BCUT2D eigenvalue weighted by molar-refractivity contribution is 0.468. The van der Waals surface area contributed by atoms with E-state index in [4.69, 9.17) is 0 Å². The van der Waals surface area contributed by atoms with E-state index in [1.807, 2.05) is 18.2 Å². The fourth-order valence-corrected chi connectivity index (χ4v) is 1.41. The van der Waals surface area contributed by atoms with Gasteiger partial charge in [0.05, 0.1) is 6.33 Å². The van der Waals surface area contributed by atoms with Crippen LogP contribution in [0, 0.1) is 0 Å². The summed E-state index contributed by atoms with van der Waals surface area (Å²) >= 11 is 0. The SMILES string of the molecule is Oc1ccccc1CCc1cnc[nH]1. The van der Waals surface area contributed by atoms with E-state index in [1.54, 1.807) is 18.6 Å². The Balaban J connectivity index is 2.02. The summed E-state index contributed by atoms with van der Waals surface area (Å²) in [6.07, 6.45) is 5.17. The topological polar surface area (TPSA) is 48.9 Å². The van der Waals surface area contributed by atoms with Gasteiger partial charge in [-0.05, 0) is 24.5 Å². The van der Waals surface area contributed by atoms with Crippen LogP contribution in [0.3, 0.4) is 0 Å². The molecular weight excluding hydrogens is 176 g/mol. The van der Waals surface area contributed by atoms with Crippen molar-refractivity contribution in [3.05, 3.63) is 48.0 Å². The molecule has 0 atom stereocenters. The quantitative estimate of drug-likeness (QED) is 0.772. The number of aromatic hydroxyl groups is 1. The highest BCUT2D eigenvalue weighted by molar-refractivity contribution is 5.32. The molecule has 14 heavy (non-hydrogen) atoms. The summed E-state index contributed by atoms with van der Waals surface area (Å²) < 4.78 is 0. The molecule has 1 aromatic carbocycles. The molecular formula is C11H12N2O. The number of aromatic nitrogens is 2. The Morgan fingerprint density at radius 2 is 2.07 bits per heavy atom. The number of para-hydroxylation sites is 1. The van der Waals surface area contributed by atoms with E-state index in [-0.39, 0.29) is 0 Å². The number of benzene rings is 1. The molecule has 3 heteroatoms. The van der Waals surface area contributed by atoms with Crippen LogP contribution >= 0.6 is 0 Å². The van der Waals surface area contributed by atoms with E-state index in [0.717, 1.165) is 24.1 Å². The molecule has 0 aliphatic carbocycles. The first-order valence-electron chi connectivity index (χ1n) is 4.60. The van der Waals surface area contributed by atoms with Gasteiger partial charge in [0.2, 0.25) is 0 Å². The van der Waals surface area contributed by atoms with Gasteiger partial charge < -0.3 is 10.1 Å². The second-order valence-corrected chi connectivity index (χ2v) is 3.21. The van der Waals surface area contributed by atoms with Crippen molar-refractivity contribution in [2.75, 3.05) is 0 Å². The number of rotatable bonds is 3. The molecule has 2 N–H and O–H groups in total. The maximum Gasteiger partial charge on any atom is 0.118 e. The summed E-state index contributed by atoms with van der Waals surface area (Å²) in [5.41, 5.74) is 2.07. The van der Waals surface area contributed by atoms with Crippen LogP contribution in [0.2, 0.25) is 0 Å². The number of aromatic amines is 1.